The number of carbonyl (C=O) groups excluding carboxylic acids is 1. The molecule has 1 aliphatic heterocycles. The second kappa shape index (κ2) is 8.95. The summed E-state index contributed by atoms with van der Waals surface area (Å²) in [5.41, 5.74) is 4.61. The van der Waals surface area contributed by atoms with E-state index >= 15 is 0 Å². The van der Waals surface area contributed by atoms with Crippen molar-refractivity contribution in [2.24, 2.45) is 5.10 Å². The quantitative estimate of drug-likeness (QED) is 0.600. The Morgan fingerprint density at radius 3 is 2.50 bits per heavy atom. The maximum absolute atomic E-state index is 12.6. The topological polar surface area (TPSA) is 78.8 Å². The van der Waals surface area contributed by atoms with Crippen LogP contribution in [0, 0.1) is 0 Å². The van der Waals surface area contributed by atoms with Crippen molar-refractivity contribution >= 4 is 28.2 Å². The number of nitrogens with one attached hydrogen (secondary N) is 1. The van der Waals surface area contributed by atoms with Crippen LogP contribution in [-0.2, 0) is 10.0 Å². The molecule has 1 N–H and O–H groups in total. The second-order valence-corrected chi connectivity index (χ2v) is 8.58. The molecule has 146 valence electrons. The molecule has 2 aromatic rings. The Bertz CT molecular complexity index is 993. The van der Waals surface area contributed by atoms with Gasteiger partial charge in [0.25, 0.3) is 5.91 Å². The molecule has 0 unspecified atom stereocenters. The Morgan fingerprint density at radius 1 is 1.07 bits per heavy atom. The highest BCUT2D eigenvalue weighted by molar-refractivity contribution is 7.89. The summed E-state index contributed by atoms with van der Waals surface area (Å²) in [6.45, 7) is 2.93. The predicted octanol–water partition coefficient (Wildman–Crippen LogP) is 3.29. The summed E-state index contributed by atoms with van der Waals surface area (Å²) in [6, 6.07) is 15.8. The van der Waals surface area contributed by atoms with Crippen molar-refractivity contribution in [3.8, 4) is 0 Å². The molecule has 0 spiro atoms. The number of allylic oxidation sites excluding steroid dienone is 1. The standard InChI is InChI=1S/C21H23N3O3S/c1-17(14-18-8-3-2-4-9-18)16-22-23-21(25)19-10-7-11-20(15-19)28(26,27)24-12-5-6-13-24/h2-4,7-11,14-16H,5-6,12-13H2,1H3,(H,23,25)/b17-14+,22-16+. The number of benzene rings is 2. The fourth-order valence-electron chi connectivity index (χ4n) is 2.98. The zero-order chi connectivity index (χ0) is 20.0. The van der Waals surface area contributed by atoms with Gasteiger partial charge in [0.2, 0.25) is 10.0 Å². The number of amides is 1. The lowest BCUT2D eigenvalue weighted by Crippen LogP contribution is -2.28. The number of sulfonamides is 1. The lowest BCUT2D eigenvalue weighted by Gasteiger charge is -2.15. The maximum atomic E-state index is 12.6. The molecule has 28 heavy (non-hydrogen) atoms. The van der Waals surface area contributed by atoms with Gasteiger partial charge in [-0.25, -0.2) is 13.8 Å². The number of hydrazone groups is 1. The van der Waals surface area contributed by atoms with E-state index in [0.717, 1.165) is 24.0 Å². The van der Waals surface area contributed by atoms with Crippen molar-refractivity contribution in [2.45, 2.75) is 24.7 Å². The molecule has 0 aliphatic carbocycles. The summed E-state index contributed by atoms with van der Waals surface area (Å²) >= 11 is 0. The molecule has 2 aromatic carbocycles. The third-order valence-corrected chi connectivity index (χ3v) is 6.32. The van der Waals surface area contributed by atoms with Gasteiger partial charge in [0, 0.05) is 18.7 Å². The third kappa shape index (κ3) is 4.94. The fraction of sp³-hybridized carbons (Fsp3) is 0.238. The number of rotatable bonds is 6. The highest BCUT2D eigenvalue weighted by Crippen LogP contribution is 2.21. The Hall–Kier alpha value is -2.77. The summed E-state index contributed by atoms with van der Waals surface area (Å²) in [4.78, 5) is 12.5. The van der Waals surface area contributed by atoms with Crippen molar-refractivity contribution in [2.75, 3.05) is 13.1 Å². The number of hydrogen-bond acceptors (Lipinski definition) is 4. The van der Waals surface area contributed by atoms with E-state index in [1.807, 2.05) is 43.3 Å². The lowest BCUT2D eigenvalue weighted by molar-refractivity contribution is 0.0955. The molecule has 0 bridgehead atoms. The summed E-state index contributed by atoms with van der Waals surface area (Å²) in [5.74, 6) is -0.456. The third-order valence-electron chi connectivity index (χ3n) is 4.43. The van der Waals surface area contributed by atoms with Gasteiger partial charge in [-0.1, -0.05) is 42.5 Å². The van der Waals surface area contributed by atoms with E-state index in [-0.39, 0.29) is 10.5 Å². The molecule has 1 heterocycles. The van der Waals surface area contributed by atoms with Crippen LogP contribution in [0.2, 0.25) is 0 Å². The molecule has 0 radical (unpaired) electrons. The monoisotopic (exact) mass is 397 g/mol. The largest absolute Gasteiger partial charge is 0.271 e. The molecule has 0 aromatic heterocycles. The van der Waals surface area contributed by atoms with Crippen LogP contribution >= 0.6 is 0 Å². The van der Waals surface area contributed by atoms with Gasteiger partial charge in [0.1, 0.15) is 0 Å². The first-order valence-corrected chi connectivity index (χ1v) is 10.6. The molecule has 0 saturated carbocycles. The zero-order valence-corrected chi connectivity index (χ0v) is 16.5. The highest BCUT2D eigenvalue weighted by Gasteiger charge is 2.27. The normalized spacial score (nSPS) is 15.8. The van der Waals surface area contributed by atoms with E-state index in [1.54, 1.807) is 18.3 Å². The number of carbonyl (C=O) groups is 1. The van der Waals surface area contributed by atoms with Crippen LogP contribution in [0.5, 0.6) is 0 Å². The Balaban J connectivity index is 1.67. The Labute approximate surface area is 165 Å². The highest BCUT2D eigenvalue weighted by atomic mass is 32.2. The van der Waals surface area contributed by atoms with E-state index in [0.29, 0.717) is 13.1 Å². The second-order valence-electron chi connectivity index (χ2n) is 6.64. The molecule has 6 nitrogen and oxygen atoms in total. The molecule has 1 fully saturated rings. The summed E-state index contributed by atoms with van der Waals surface area (Å²) in [6.07, 6.45) is 5.22. The Morgan fingerprint density at radius 2 is 1.79 bits per heavy atom. The van der Waals surface area contributed by atoms with Crippen LogP contribution in [0.15, 0.2) is 70.2 Å². The van der Waals surface area contributed by atoms with E-state index < -0.39 is 15.9 Å². The average Bonchev–Trinajstić information content (AvgIpc) is 3.24. The first-order valence-electron chi connectivity index (χ1n) is 9.14. The molecule has 0 atom stereocenters. The van der Waals surface area contributed by atoms with Gasteiger partial charge in [-0.2, -0.15) is 9.41 Å². The van der Waals surface area contributed by atoms with Crippen LogP contribution in [0.1, 0.15) is 35.7 Å². The summed E-state index contributed by atoms with van der Waals surface area (Å²) < 4.78 is 26.7. The predicted molar refractivity (Wildman–Crippen MR) is 110 cm³/mol. The zero-order valence-electron chi connectivity index (χ0n) is 15.7. The summed E-state index contributed by atoms with van der Waals surface area (Å²) in [7, 11) is -3.56. The molecular weight excluding hydrogens is 374 g/mol. The summed E-state index contributed by atoms with van der Waals surface area (Å²) in [5, 5.41) is 3.96. The van der Waals surface area contributed by atoms with Crippen LogP contribution in [0.25, 0.3) is 6.08 Å². The SMILES string of the molecule is CC(/C=N/NC(=O)c1cccc(S(=O)(=O)N2CCCC2)c1)=C\c1ccccc1. The maximum Gasteiger partial charge on any atom is 0.271 e. The van der Waals surface area contributed by atoms with Crippen LogP contribution in [-0.4, -0.2) is 37.9 Å². The molecular formula is C21H23N3O3S. The van der Waals surface area contributed by atoms with E-state index in [1.165, 1.54) is 16.4 Å². The van der Waals surface area contributed by atoms with Crippen molar-refractivity contribution in [1.82, 2.24) is 9.73 Å². The van der Waals surface area contributed by atoms with Crippen LogP contribution < -0.4 is 5.43 Å². The lowest BCUT2D eigenvalue weighted by atomic mass is 10.1. The first kappa shape index (κ1) is 20.0. The smallest absolute Gasteiger partial charge is 0.267 e. The van der Waals surface area contributed by atoms with Gasteiger partial charge in [-0.15, -0.1) is 0 Å². The molecule has 3 rings (SSSR count). The van der Waals surface area contributed by atoms with Crippen LogP contribution in [0.4, 0.5) is 0 Å². The van der Waals surface area contributed by atoms with E-state index in [2.05, 4.69) is 10.5 Å². The van der Waals surface area contributed by atoms with Gasteiger partial charge >= 0.3 is 0 Å². The van der Waals surface area contributed by atoms with Gasteiger partial charge in [-0.3, -0.25) is 4.79 Å². The minimum absolute atomic E-state index is 0.131. The fourth-order valence-corrected chi connectivity index (χ4v) is 4.55. The molecule has 1 aliphatic rings. The van der Waals surface area contributed by atoms with Crippen LogP contribution in [0.3, 0.4) is 0 Å². The van der Waals surface area contributed by atoms with E-state index in [9.17, 15) is 13.2 Å². The molecule has 7 heteroatoms. The molecule has 1 amide bonds. The van der Waals surface area contributed by atoms with Crippen molar-refractivity contribution < 1.29 is 13.2 Å². The number of nitrogens with zero attached hydrogens (tertiary/aromatic N) is 2. The van der Waals surface area contributed by atoms with Gasteiger partial charge < -0.3 is 0 Å². The Kier molecular flexibility index (Phi) is 6.38. The minimum Gasteiger partial charge on any atom is -0.267 e. The molecule has 1 saturated heterocycles. The number of hydrogen-bond donors (Lipinski definition) is 1. The van der Waals surface area contributed by atoms with Gasteiger partial charge in [0.15, 0.2) is 0 Å². The van der Waals surface area contributed by atoms with Crippen molar-refractivity contribution in [3.05, 3.63) is 71.3 Å². The van der Waals surface area contributed by atoms with E-state index in [4.69, 9.17) is 0 Å². The van der Waals surface area contributed by atoms with Crippen molar-refractivity contribution in [1.29, 1.82) is 0 Å². The van der Waals surface area contributed by atoms with Gasteiger partial charge in [0.05, 0.1) is 11.1 Å². The average molecular weight is 398 g/mol. The van der Waals surface area contributed by atoms with Gasteiger partial charge in [-0.05, 0) is 49.1 Å². The first-order chi connectivity index (χ1) is 13.5. The minimum atomic E-state index is -3.56. The van der Waals surface area contributed by atoms with Crippen molar-refractivity contribution in [3.63, 3.8) is 0 Å².